The number of carbonyl (C=O) groups is 2. The molecule has 104 valence electrons. The van der Waals surface area contributed by atoms with Crippen molar-refractivity contribution in [3.8, 4) is 5.75 Å². The molecular weight excluding hydrogens is 270 g/mol. The van der Waals surface area contributed by atoms with Gasteiger partial charge in [0.2, 0.25) is 0 Å². The van der Waals surface area contributed by atoms with E-state index in [1.165, 1.54) is 11.9 Å². The van der Waals surface area contributed by atoms with Crippen molar-refractivity contribution >= 4 is 23.5 Å². The monoisotopic (exact) mass is 285 g/mol. The number of likely N-dealkylation sites (N-methyl/N-ethyl adjacent to an activating group) is 1. The summed E-state index contributed by atoms with van der Waals surface area (Å²) in [5, 5.41) is 9.37. The van der Waals surface area contributed by atoms with Gasteiger partial charge in [0.15, 0.2) is 6.61 Å². The summed E-state index contributed by atoms with van der Waals surface area (Å²) in [5.74, 6) is -1.04. The van der Waals surface area contributed by atoms with Crippen molar-refractivity contribution in [1.82, 2.24) is 4.90 Å². The van der Waals surface area contributed by atoms with Gasteiger partial charge in [-0.1, -0.05) is 30.7 Å². The minimum Gasteiger partial charge on any atom is -0.482 e. The number of amides is 1. The molecule has 1 aromatic carbocycles. The number of carboxylic acid groups (broad SMARTS) is 1. The van der Waals surface area contributed by atoms with Gasteiger partial charge >= 0.3 is 5.97 Å². The molecule has 6 heteroatoms. The summed E-state index contributed by atoms with van der Waals surface area (Å²) < 4.78 is 5.28. The quantitative estimate of drug-likeness (QED) is 0.868. The van der Waals surface area contributed by atoms with Crippen molar-refractivity contribution in [2.75, 3.05) is 13.7 Å². The first kappa shape index (κ1) is 15.3. The fraction of sp³-hybridized carbons (Fsp3) is 0.385. The van der Waals surface area contributed by atoms with Crippen LogP contribution in [0.1, 0.15) is 13.3 Å². The second kappa shape index (κ2) is 6.99. The molecule has 0 saturated heterocycles. The zero-order valence-corrected chi connectivity index (χ0v) is 11.6. The number of carboxylic acids is 1. The highest BCUT2D eigenvalue weighted by Gasteiger charge is 2.24. The second-order valence-corrected chi connectivity index (χ2v) is 4.39. The first-order chi connectivity index (χ1) is 8.97. The van der Waals surface area contributed by atoms with E-state index in [-0.39, 0.29) is 6.61 Å². The van der Waals surface area contributed by atoms with Crippen LogP contribution in [0.25, 0.3) is 0 Å². The Kier molecular flexibility index (Phi) is 5.63. The molecule has 0 aliphatic carbocycles. The number of benzene rings is 1. The van der Waals surface area contributed by atoms with Gasteiger partial charge in [-0.15, -0.1) is 0 Å². The lowest BCUT2D eigenvalue weighted by Gasteiger charge is -2.23. The van der Waals surface area contributed by atoms with E-state index in [0.29, 0.717) is 17.2 Å². The number of aliphatic carboxylic acids is 1. The normalized spacial score (nSPS) is 11.7. The van der Waals surface area contributed by atoms with Crippen LogP contribution < -0.4 is 4.74 Å². The van der Waals surface area contributed by atoms with Crippen LogP contribution in [0.2, 0.25) is 5.02 Å². The van der Waals surface area contributed by atoms with Crippen LogP contribution in [0.4, 0.5) is 0 Å². The molecule has 1 aromatic rings. The van der Waals surface area contributed by atoms with E-state index < -0.39 is 17.9 Å². The van der Waals surface area contributed by atoms with Gasteiger partial charge in [-0.05, 0) is 18.6 Å². The number of rotatable bonds is 6. The number of carbonyl (C=O) groups excluding carboxylic acids is 1. The zero-order valence-electron chi connectivity index (χ0n) is 10.8. The van der Waals surface area contributed by atoms with E-state index in [2.05, 4.69) is 0 Å². The number of hydrogen-bond donors (Lipinski definition) is 1. The van der Waals surface area contributed by atoms with Gasteiger partial charge in [-0.3, -0.25) is 4.79 Å². The molecule has 0 aliphatic rings. The minimum atomic E-state index is -1.03. The maximum absolute atomic E-state index is 11.8. The summed E-state index contributed by atoms with van der Waals surface area (Å²) in [5.41, 5.74) is 0. The van der Waals surface area contributed by atoms with Gasteiger partial charge in [-0.25, -0.2) is 4.79 Å². The van der Waals surface area contributed by atoms with Gasteiger partial charge < -0.3 is 14.7 Å². The average Bonchev–Trinajstić information content (AvgIpc) is 2.37. The topological polar surface area (TPSA) is 66.8 Å². The lowest BCUT2D eigenvalue weighted by Crippen LogP contribution is -2.44. The lowest BCUT2D eigenvalue weighted by atomic mass is 10.2. The average molecular weight is 286 g/mol. The number of halogens is 1. The third kappa shape index (κ3) is 4.13. The maximum atomic E-state index is 11.8. The zero-order chi connectivity index (χ0) is 14.4. The third-order valence-corrected chi connectivity index (χ3v) is 3.03. The second-order valence-electron chi connectivity index (χ2n) is 3.99. The van der Waals surface area contributed by atoms with Crippen LogP contribution >= 0.6 is 11.6 Å². The van der Waals surface area contributed by atoms with E-state index in [0.717, 1.165) is 0 Å². The van der Waals surface area contributed by atoms with Crippen LogP contribution in [0, 0.1) is 0 Å². The summed E-state index contributed by atoms with van der Waals surface area (Å²) in [6, 6.07) is 5.94. The highest BCUT2D eigenvalue weighted by Crippen LogP contribution is 2.23. The molecule has 1 N–H and O–H groups in total. The van der Waals surface area contributed by atoms with Gasteiger partial charge in [0.05, 0.1) is 5.02 Å². The predicted molar refractivity (Wildman–Crippen MR) is 71.4 cm³/mol. The molecule has 0 heterocycles. The molecule has 0 aromatic heterocycles. The van der Waals surface area contributed by atoms with Crippen molar-refractivity contribution in [3.63, 3.8) is 0 Å². The Morgan fingerprint density at radius 3 is 2.58 bits per heavy atom. The minimum absolute atomic E-state index is 0.246. The summed E-state index contributed by atoms with van der Waals surface area (Å²) in [6.45, 7) is 1.46. The van der Waals surface area contributed by atoms with E-state index in [1.54, 1.807) is 31.2 Å². The highest BCUT2D eigenvalue weighted by molar-refractivity contribution is 6.32. The summed E-state index contributed by atoms with van der Waals surface area (Å²) in [4.78, 5) is 23.9. The Bertz CT molecular complexity index is 464. The van der Waals surface area contributed by atoms with Gasteiger partial charge in [0.1, 0.15) is 11.8 Å². The third-order valence-electron chi connectivity index (χ3n) is 2.72. The van der Waals surface area contributed by atoms with Crippen LogP contribution in [0.5, 0.6) is 5.75 Å². The molecule has 5 nitrogen and oxygen atoms in total. The Balaban J connectivity index is 2.60. The van der Waals surface area contributed by atoms with Gasteiger partial charge in [-0.2, -0.15) is 0 Å². The lowest BCUT2D eigenvalue weighted by molar-refractivity contribution is -0.149. The van der Waals surface area contributed by atoms with Crippen molar-refractivity contribution in [3.05, 3.63) is 29.3 Å². The Hall–Kier alpha value is -1.75. The Morgan fingerprint density at radius 1 is 1.42 bits per heavy atom. The van der Waals surface area contributed by atoms with E-state index in [9.17, 15) is 9.59 Å². The molecule has 0 fully saturated rings. The molecule has 0 bridgehead atoms. The van der Waals surface area contributed by atoms with Crippen LogP contribution in [0.15, 0.2) is 24.3 Å². The molecule has 1 atom stereocenters. The molecule has 0 saturated carbocycles. The Morgan fingerprint density at radius 2 is 2.05 bits per heavy atom. The summed E-state index contributed by atoms with van der Waals surface area (Å²) >= 11 is 5.88. The first-order valence-corrected chi connectivity index (χ1v) is 6.21. The van der Waals surface area contributed by atoms with Crippen molar-refractivity contribution in [1.29, 1.82) is 0 Å². The largest absolute Gasteiger partial charge is 0.482 e. The molecule has 1 amide bonds. The molecule has 1 unspecified atom stereocenters. The fourth-order valence-electron chi connectivity index (χ4n) is 1.59. The van der Waals surface area contributed by atoms with Gasteiger partial charge in [0, 0.05) is 7.05 Å². The number of para-hydroxylation sites is 1. The van der Waals surface area contributed by atoms with Crippen molar-refractivity contribution in [2.45, 2.75) is 19.4 Å². The van der Waals surface area contributed by atoms with E-state index in [1.807, 2.05) is 0 Å². The molecular formula is C13H16ClNO4. The summed E-state index contributed by atoms with van der Waals surface area (Å²) in [7, 11) is 1.45. The molecule has 0 spiro atoms. The number of hydrogen-bond acceptors (Lipinski definition) is 3. The standard InChI is InChI=1S/C13H16ClNO4/c1-3-10(13(17)18)15(2)12(16)8-19-11-7-5-4-6-9(11)14/h4-7,10H,3,8H2,1-2H3,(H,17,18). The molecule has 0 radical (unpaired) electrons. The fourth-order valence-corrected chi connectivity index (χ4v) is 1.78. The smallest absolute Gasteiger partial charge is 0.326 e. The van der Waals surface area contributed by atoms with Crippen LogP contribution in [0.3, 0.4) is 0 Å². The molecule has 0 aliphatic heterocycles. The van der Waals surface area contributed by atoms with Crippen molar-refractivity contribution < 1.29 is 19.4 Å². The van der Waals surface area contributed by atoms with Crippen LogP contribution in [-0.2, 0) is 9.59 Å². The summed E-state index contributed by atoms with van der Waals surface area (Å²) in [6.07, 6.45) is 0.337. The molecule has 19 heavy (non-hydrogen) atoms. The van der Waals surface area contributed by atoms with Crippen molar-refractivity contribution in [2.24, 2.45) is 0 Å². The number of nitrogens with zero attached hydrogens (tertiary/aromatic N) is 1. The maximum Gasteiger partial charge on any atom is 0.326 e. The SMILES string of the molecule is CCC(C(=O)O)N(C)C(=O)COc1ccccc1Cl. The van der Waals surface area contributed by atoms with E-state index in [4.69, 9.17) is 21.4 Å². The highest BCUT2D eigenvalue weighted by atomic mass is 35.5. The van der Waals surface area contributed by atoms with Gasteiger partial charge in [0.25, 0.3) is 5.91 Å². The predicted octanol–water partition coefficient (Wildman–Crippen LogP) is 2.04. The van der Waals surface area contributed by atoms with Crippen LogP contribution in [-0.4, -0.2) is 41.6 Å². The first-order valence-electron chi connectivity index (χ1n) is 5.83. The number of ether oxygens (including phenoxy) is 1. The Labute approximate surface area is 116 Å². The molecule has 1 rings (SSSR count). The van der Waals surface area contributed by atoms with E-state index >= 15 is 0 Å².